The van der Waals surface area contributed by atoms with Crippen LogP contribution >= 0.6 is 11.8 Å². The van der Waals surface area contributed by atoms with E-state index in [4.69, 9.17) is 4.84 Å². The van der Waals surface area contributed by atoms with Crippen LogP contribution in [0, 0.1) is 17.0 Å². The number of nitro benzene ring substituents is 1. The van der Waals surface area contributed by atoms with Gasteiger partial charge in [0.2, 0.25) is 0 Å². The molecule has 2 aliphatic rings. The van der Waals surface area contributed by atoms with Gasteiger partial charge >= 0.3 is 0 Å². The van der Waals surface area contributed by atoms with E-state index < -0.39 is 4.92 Å². The van der Waals surface area contributed by atoms with E-state index in [2.05, 4.69) is 40.9 Å². The summed E-state index contributed by atoms with van der Waals surface area (Å²) in [5, 5.41) is 19.7. The minimum Gasteiger partial charge on any atom is -0.354 e. The van der Waals surface area contributed by atoms with Crippen molar-refractivity contribution in [3.05, 3.63) is 115 Å². The van der Waals surface area contributed by atoms with E-state index >= 15 is 0 Å². The van der Waals surface area contributed by atoms with E-state index in [9.17, 15) is 10.1 Å². The number of hydrogen-bond donors (Lipinski definition) is 0. The van der Waals surface area contributed by atoms with Gasteiger partial charge in [-0.2, -0.15) is 0 Å². The lowest BCUT2D eigenvalue weighted by Crippen LogP contribution is -2.31. The van der Waals surface area contributed by atoms with Gasteiger partial charge < -0.3 is 4.84 Å². The third kappa shape index (κ3) is 3.11. The average molecular weight is 412 g/mol. The number of thioether (sulfide) groups is 1. The van der Waals surface area contributed by atoms with Crippen LogP contribution < -0.4 is 10.4 Å². The molecule has 0 atom stereocenters. The first-order chi connectivity index (χ1) is 14.6. The highest BCUT2D eigenvalue weighted by atomic mass is 32.2. The van der Waals surface area contributed by atoms with Crippen molar-refractivity contribution in [3.8, 4) is 0 Å². The Morgan fingerprint density at radius 3 is 2.37 bits per heavy atom. The molecule has 0 unspecified atom stereocenters. The molecule has 5 nitrogen and oxygen atoms in total. The number of nitrogens with zero attached hydrogens (tertiary/aromatic N) is 2. The fraction of sp³-hybridized carbons (Fsp3) is 0.0417. The van der Waals surface area contributed by atoms with E-state index in [1.165, 1.54) is 17.7 Å². The van der Waals surface area contributed by atoms with Crippen LogP contribution in [0.25, 0.3) is 16.7 Å². The highest BCUT2D eigenvalue weighted by molar-refractivity contribution is 8.10. The zero-order valence-corrected chi connectivity index (χ0v) is 16.8. The third-order valence-electron chi connectivity index (χ3n) is 5.10. The molecule has 0 radical (unpaired) electrons. The molecule has 30 heavy (non-hydrogen) atoms. The van der Waals surface area contributed by atoms with Gasteiger partial charge in [0.15, 0.2) is 5.76 Å². The number of allylic oxidation sites excluding steroid dienone is 1. The normalized spacial score (nSPS) is 14.8. The lowest BCUT2D eigenvalue weighted by molar-refractivity contribution is -0.384. The van der Waals surface area contributed by atoms with Crippen molar-refractivity contribution in [2.45, 2.75) is 6.92 Å². The van der Waals surface area contributed by atoms with E-state index in [0.29, 0.717) is 5.71 Å². The molecule has 6 heteroatoms. The smallest absolute Gasteiger partial charge is 0.269 e. The van der Waals surface area contributed by atoms with Gasteiger partial charge in [-0.25, -0.2) is 0 Å². The van der Waals surface area contributed by atoms with Crippen LogP contribution in [0.1, 0.15) is 16.7 Å². The van der Waals surface area contributed by atoms with Crippen LogP contribution in [-0.4, -0.2) is 10.6 Å². The Morgan fingerprint density at radius 1 is 0.933 bits per heavy atom. The first-order valence-corrected chi connectivity index (χ1v) is 10.3. The Kier molecular flexibility index (Phi) is 4.48. The SMILES string of the molecule is Cc1ccc(C2=C3SC=c4ccccc4=C3ON=C2c2ccc([N+](=O)[O-])cc2)cc1. The second-order valence-electron chi connectivity index (χ2n) is 7.06. The minimum atomic E-state index is -0.406. The number of nitro groups is 1. The molecule has 3 aromatic carbocycles. The highest BCUT2D eigenvalue weighted by Crippen LogP contribution is 2.40. The van der Waals surface area contributed by atoms with E-state index in [-0.39, 0.29) is 5.69 Å². The van der Waals surface area contributed by atoms with Crippen LogP contribution in [0.3, 0.4) is 0 Å². The maximum atomic E-state index is 11.0. The van der Waals surface area contributed by atoms with Crippen molar-refractivity contribution in [1.29, 1.82) is 0 Å². The fourth-order valence-corrected chi connectivity index (χ4v) is 4.58. The zero-order valence-electron chi connectivity index (χ0n) is 16.0. The Bertz CT molecular complexity index is 1350. The molecular formula is C24H16N2O3S. The Balaban J connectivity index is 1.74. The molecule has 0 aromatic heterocycles. The fourth-order valence-electron chi connectivity index (χ4n) is 3.54. The lowest BCUT2D eigenvalue weighted by Gasteiger charge is -2.24. The first-order valence-electron chi connectivity index (χ1n) is 9.40. The number of fused-ring (bicyclic) bond motifs is 2. The van der Waals surface area contributed by atoms with Crippen molar-refractivity contribution in [2.24, 2.45) is 5.16 Å². The average Bonchev–Trinajstić information content (AvgIpc) is 2.79. The summed E-state index contributed by atoms with van der Waals surface area (Å²) in [5.41, 5.74) is 4.62. The summed E-state index contributed by atoms with van der Waals surface area (Å²) in [4.78, 5) is 17.5. The van der Waals surface area contributed by atoms with E-state index in [1.807, 2.05) is 25.1 Å². The Labute approximate surface area is 176 Å². The molecule has 146 valence electrons. The van der Waals surface area contributed by atoms with Gasteiger partial charge in [-0.1, -0.05) is 71.0 Å². The Morgan fingerprint density at radius 2 is 1.63 bits per heavy atom. The molecule has 0 saturated carbocycles. The predicted octanol–water partition coefficient (Wildman–Crippen LogP) is 4.34. The zero-order chi connectivity index (χ0) is 20.7. The summed E-state index contributed by atoms with van der Waals surface area (Å²) in [6, 6.07) is 22.7. The van der Waals surface area contributed by atoms with Crippen LogP contribution in [0.5, 0.6) is 0 Å². The molecular weight excluding hydrogens is 396 g/mol. The van der Waals surface area contributed by atoms with Gasteiger partial charge in [0.1, 0.15) is 5.71 Å². The highest BCUT2D eigenvalue weighted by Gasteiger charge is 2.28. The first kappa shape index (κ1) is 18.4. The molecule has 0 spiro atoms. The summed E-state index contributed by atoms with van der Waals surface area (Å²) in [5.74, 6) is 0.735. The summed E-state index contributed by atoms with van der Waals surface area (Å²) >= 11 is 1.61. The van der Waals surface area contributed by atoms with Crippen LogP contribution in [0.15, 0.2) is 82.9 Å². The topological polar surface area (TPSA) is 64.7 Å². The second-order valence-corrected chi connectivity index (χ2v) is 7.94. The molecule has 2 aliphatic heterocycles. The molecule has 0 saturated heterocycles. The summed E-state index contributed by atoms with van der Waals surface area (Å²) in [6.07, 6.45) is 0. The van der Waals surface area contributed by atoms with Gasteiger partial charge in [0.05, 0.1) is 9.83 Å². The third-order valence-corrected chi connectivity index (χ3v) is 6.10. The molecule has 0 fully saturated rings. The number of aryl methyl sites for hydroxylation is 1. The van der Waals surface area contributed by atoms with Gasteiger partial charge in [-0.15, -0.1) is 0 Å². The van der Waals surface area contributed by atoms with Gasteiger partial charge in [0.25, 0.3) is 5.69 Å². The van der Waals surface area contributed by atoms with Crippen molar-refractivity contribution >= 4 is 39.9 Å². The second kappa shape index (κ2) is 7.31. The standard InChI is InChI=1S/C24H16N2O3S/c1-15-6-8-16(9-7-15)21-22(17-10-12-19(13-11-17)26(27)28)25-29-23-20-5-3-2-4-18(20)14-30-24(21)23/h2-14H,1H3. The van der Waals surface area contributed by atoms with Crippen molar-refractivity contribution in [3.63, 3.8) is 0 Å². The molecule has 3 aromatic rings. The number of hydrogen-bond acceptors (Lipinski definition) is 5. The van der Waals surface area contributed by atoms with Gasteiger partial charge in [-0.05, 0) is 35.2 Å². The maximum Gasteiger partial charge on any atom is 0.269 e. The minimum absolute atomic E-state index is 0.0437. The van der Waals surface area contributed by atoms with Gasteiger partial charge in [0, 0.05) is 28.5 Å². The van der Waals surface area contributed by atoms with Crippen molar-refractivity contribution in [2.75, 3.05) is 0 Å². The van der Waals surface area contributed by atoms with Crippen molar-refractivity contribution in [1.82, 2.24) is 0 Å². The maximum absolute atomic E-state index is 11.0. The quantitative estimate of drug-likeness (QED) is 0.474. The lowest BCUT2D eigenvalue weighted by atomic mass is 9.93. The van der Waals surface area contributed by atoms with E-state index in [1.54, 1.807) is 23.9 Å². The summed E-state index contributed by atoms with van der Waals surface area (Å²) < 4.78 is 0. The monoisotopic (exact) mass is 412 g/mol. The summed E-state index contributed by atoms with van der Waals surface area (Å²) in [7, 11) is 0. The van der Waals surface area contributed by atoms with E-state index in [0.717, 1.165) is 37.8 Å². The predicted molar refractivity (Wildman–Crippen MR) is 120 cm³/mol. The van der Waals surface area contributed by atoms with Crippen LogP contribution in [0.4, 0.5) is 5.69 Å². The molecule has 5 rings (SSSR count). The number of rotatable bonds is 3. The van der Waals surface area contributed by atoms with Crippen LogP contribution in [0.2, 0.25) is 0 Å². The van der Waals surface area contributed by atoms with Crippen LogP contribution in [-0.2, 0) is 4.84 Å². The van der Waals surface area contributed by atoms with Crippen molar-refractivity contribution < 1.29 is 9.76 Å². The summed E-state index contributed by atoms with van der Waals surface area (Å²) in [6.45, 7) is 2.05. The largest absolute Gasteiger partial charge is 0.354 e. The number of oxime groups is 1. The Hall–Kier alpha value is -3.64. The molecule has 2 heterocycles. The number of benzene rings is 3. The van der Waals surface area contributed by atoms with Gasteiger partial charge in [-0.3, -0.25) is 10.1 Å². The molecule has 0 bridgehead atoms. The molecule has 0 aliphatic carbocycles. The molecule has 0 amide bonds. The number of non-ortho nitro benzene ring substituents is 1. The molecule has 0 N–H and O–H groups in total.